The number of hydrogen-bond acceptors (Lipinski definition) is 4. The van der Waals surface area contributed by atoms with E-state index in [9.17, 15) is 4.79 Å². The Kier molecular flexibility index (Phi) is 3.63. The summed E-state index contributed by atoms with van der Waals surface area (Å²) in [6.45, 7) is 2.26. The van der Waals surface area contributed by atoms with E-state index in [0.29, 0.717) is 5.92 Å². The number of nitrogens with zero attached hydrogens (tertiary/aromatic N) is 1. The van der Waals surface area contributed by atoms with Crippen LogP contribution >= 0.6 is 0 Å². The lowest BCUT2D eigenvalue weighted by Crippen LogP contribution is -2.35. The molecular weight excluding hydrogens is 254 g/mol. The molecule has 20 heavy (non-hydrogen) atoms. The van der Waals surface area contributed by atoms with Crippen LogP contribution in [0.3, 0.4) is 0 Å². The molecule has 0 aliphatic carbocycles. The van der Waals surface area contributed by atoms with E-state index in [0.717, 1.165) is 42.9 Å². The van der Waals surface area contributed by atoms with Crippen molar-refractivity contribution in [3.8, 4) is 0 Å². The second-order valence-corrected chi connectivity index (χ2v) is 5.71. The minimum Gasteiger partial charge on any atom is -0.396 e. The van der Waals surface area contributed by atoms with Crippen LogP contribution in [0.15, 0.2) is 18.2 Å². The van der Waals surface area contributed by atoms with Gasteiger partial charge in [0, 0.05) is 36.6 Å². The quantitative estimate of drug-likeness (QED) is 0.775. The average Bonchev–Trinajstić information content (AvgIpc) is 2.74. The van der Waals surface area contributed by atoms with Crippen LogP contribution in [-0.4, -0.2) is 30.7 Å². The van der Waals surface area contributed by atoms with Crippen molar-refractivity contribution in [2.45, 2.75) is 25.3 Å². The first-order chi connectivity index (χ1) is 9.69. The topological polar surface area (TPSA) is 78.6 Å². The third kappa shape index (κ3) is 2.39. The van der Waals surface area contributed by atoms with Gasteiger partial charge in [0.05, 0.1) is 0 Å². The number of carbonyl (C=O) groups is 1. The summed E-state index contributed by atoms with van der Waals surface area (Å²) in [5.74, 6) is 0.424. The SMILES string of the molecule is NC1C(=O)Nc2cc(N3CCCC(CCO)C3)ccc21. The number of nitrogens with one attached hydrogen (secondary N) is 1. The molecule has 2 heterocycles. The van der Waals surface area contributed by atoms with E-state index >= 15 is 0 Å². The first-order valence-electron chi connectivity index (χ1n) is 7.25. The van der Waals surface area contributed by atoms with Crippen molar-refractivity contribution in [1.29, 1.82) is 0 Å². The normalized spacial score (nSPS) is 25.5. The van der Waals surface area contributed by atoms with E-state index < -0.39 is 6.04 Å². The van der Waals surface area contributed by atoms with Crippen molar-refractivity contribution in [3.05, 3.63) is 23.8 Å². The number of piperidine rings is 1. The van der Waals surface area contributed by atoms with Gasteiger partial charge in [-0.3, -0.25) is 4.79 Å². The summed E-state index contributed by atoms with van der Waals surface area (Å²) in [6, 6.07) is 5.47. The number of anilines is 2. The fourth-order valence-corrected chi connectivity index (χ4v) is 3.19. The van der Waals surface area contributed by atoms with Crippen LogP contribution in [0.2, 0.25) is 0 Å². The van der Waals surface area contributed by atoms with Gasteiger partial charge in [-0.2, -0.15) is 0 Å². The summed E-state index contributed by atoms with van der Waals surface area (Å²) in [5, 5.41) is 11.9. The summed E-state index contributed by atoms with van der Waals surface area (Å²) in [5.41, 5.74) is 8.67. The lowest BCUT2D eigenvalue weighted by molar-refractivity contribution is -0.116. The Morgan fingerprint density at radius 2 is 2.30 bits per heavy atom. The maximum atomic E-state index is 11.6. The number of rotatable bonds is 3. The van der Waals surface area contributed by atoms with Crippen LogP contribution in [0, 0.1) is 5.92 Å². The molecule has 108 valence electrons. The Morgan fingerprint density at radius 3 is 3.10 bits per heavy atom. The van der Waals surface area contributed by atoms with E-state index in [1.54, 1.807) is 0 Å². The van der Waals surface area contributed by atoms with Crippen LogP contribution in [-0.2, 0) is 4.79 Å². The van der Waals surface area contributed by atoms with Crippen LogP contribution in [0.5, 0.6) is 0 Å². The van der Waals surface area contributed by atoms with Crippen LogP contribution in [0.1, 0.15) is 30.9 Å². The van der Waals surface area contributed by atoms with Gasteiger partial charge < -0.3 is 21.1 Å². The molecule has 2 aliphatic rings. The van der Waals surface area contributed by atoms with Crippen molar-refractivity contribution in [1.82, 2.24) is 0 Å². The number of carbonyl (C=O) groups excluding carboxylic acids is 1. The molecule has 1 saturated heterocycles. The first kappa shape index (κ1) is 13.4. The van der Waals surface area contributed by atoms with Crippen molar-refractivity contribution in [2.75, 3.05) is 29.9 Å². The molecule has 1 aromatic rings. The highest BCUT2D eigenvalue weighted by molar-refractivity contribution is 6.02. The number of nitrogens with two attached hydrogens (primary N) is 1. The van der Waals surface area contributed by atoms with Crippen LogP contribution in [0.4, 0.5) is 11.4 Å². The second kappa shape index (κ2) is 5.42. The highest BCUT2D eigenvalue weighted by Crippen LogP contribution is 2.34. The maximum Gasteiger partial charge on any atom is 0.245 e. The van der Waals surface area contributed by atoms with Gasteiger partial charge in [-0.25, -0.2) is 0 Å². The Labute approximate surface area is 118 Å². The summed E-state index contributed by atoms with van der Waals surface area (Å²) >= 11 is 0. The van der Waals surface area contributed by atoms with Gasteiger partial charge in [-0.15, -0.1) is 0 Å². The molecule has 2 atom stereocenters. The van der Waals surface area contributed by atoms with E-state index in [2.05, 4.69) is 10.2 Å². The zero-order valence-electron chi connectivity index (χ0n) is 11.5. The average molecular weight is 275 g/mol. The molecule has 2 aliphatic heterocycles. The van der Waals surface area contributed by atoms with E-state index in [1.807, 2.05) is 18.2 Å². The molecule has 3 rings (SSSR count). The smallest absolute Gasteiger partial charge is 0.245 e. The Balaban J connectivity index is 1.78. The summed E-state index contributed by atoms with van der Waals surface area (Å²) < 4.78 is 0. The monoisotopic (exact) mass is 275 g/mol. The molecule has 1 amide bonds. The number of aliphatic hydroxyl groups is 1. The minimum absolute atomic E-state index is 0.131. The zero-order valence-corrected chi connectivity index (χ0v) is 11.5. The van der Waals surface area contributed by atoms with Gasteiger partial charge in [0.1, 0.15) is 6.04 Å². The predicted molar refractivity (Wildman–Crippen MR) is 78.6 cm³/mol. The van der Waals surface area contributed by atoms with Gasteiger partial charge in [-0.05, 0) is 37.3 Å². The highest BCUT2D eigenvalue weighted by atomic mass is 16.3. The third-order valence-electron chi connectivity index (χ3n) is 4.33. The predicted octanol–water partition coefficient (Wildman–Crippen LogP) is 1.24. The Bertz CT molecular complexity index is 516. The molecule has 5 heteroatoms. The Hall–Kier alpha value is -1.59. The van der Waals surface area contributed by atoms with Gasteiger partial charge in [0.15, 0.2) is 0 Å². The molecule has 0 saturated carbocycles. The summed E-state index contributed by atoms with van der Waals surface area (Å²) in [6.07, 6.45) is 3.19. The van der Waals surface area contributed by atoms with Gasteiger partial charge >= 0.3 is 0 Å². The fraction of sp³-hybridized carbons (Fsp3) is 0.533. The number of amides is 1. The van der Waals surface area contributed by atoms with E-state index in [1.165, 1.54) is 6.42 Å². The molecule has 5 nitrogen and oxygen atoms in total. The third-order valence-corrected chi connectivity index (χ3v) is 4.33. The van der Waals surface area contributed by atoms with Crippen molar-refractivity contribution in [3.63, 3.8) is 0 Å². The van der Waals surface area contributed by atoms with Gasteiger partial charge in [0.25, 0.3) is 0 Å². The van der Waals surface area contributed by atoms with E-state index in [4.69, 9.17) is 10.8 Å². The first-order valence-corrected chi connectivity index (χ1v) is 7.25. The van der Waals surface area contributed by atoms with Gasteiger partial charge in [0.2, 0.25) is 5.91 Å². The molecule has 0 spiro atoms. The molecule has 0 bridgehead atoms. The number of hydrogen-bond donors (Lipinski definition) is 3. The zero-order chi connectivity index (χ0) is 14.1. The fourth-order valence-electron chi connectivity index (χ4n) is 3.19. The van der Waals surface area contributed by atoms with Crippen molar-refractivity contribution >= 4 is 17.3 Å². The Morgan fingerprint density at radius 1 is 1.45 bits per heavy atom. The van der Waals surface area contributed by atoms with E-state index in [-0.39, 0.29) is 12.5 Å². The largest absolute Gasteiger partial charge is 0.396 e. The standard InChI is InChI=1S/C15H21N3O2/c16-14-12-4-3-11(8-13(12)17-15(14)20)18-6-1-2-10(9-18)5-7-19/h3-4,8,10,14,19H,1-2,5-7,9,16H2,(H,17,20). The second-order valence-electron chi connectivity index (χ2n) is 5.71. The van der Waals surface area contributed by atoms with Crippen LogP contribution < -0.4 is 16.0 Å². The number of fused-ring (bicyclic) bond motifs is 1. The summed E-state index contributed by atoms with van der Waals surface area (Å²) in [7, 11) is 0. The minimum atomic E-state index is -0.539. The molecular formula is C15H21N3O2. The van der Waals surface area contributed by atoms with Crippen LogP contribution in [0.25, 0.3) is 0 Å². The maximum absolute atomic E-state index is 11.6. The van der Waals surface area contributed by atoms with Gasteiger partial charge in [-0.1, -0.05) is 6.07 Å². The molecule has 1 fully saturated rings. The number of aliphatic hydroxyl groups excluding tert-OH is 1. The van der Waals surface area contributed by atoms with Crippen molar-refractivity contribution < 1.29 is 9.90 Å². The molecule has 0 aromatic heterocycles. The summed E-state index contributed by atoms with van der Waals surface area (Å²) in [4.78, 5) is 13.9. The van der Waals surface area contributed by atoms with Crippen molar-refractivity contribution in [2.24, 2.45) is 11.7 Å². The molecule has 2 unspecified atom stereocenters. The molecule has 1 aromatic carbocycles. The highest BCUT2D eigenvalue weighted by Gasteiger charge is 2.28. The molecule has 4 N–H and O–H groups in total. The molecule has 0 radical (unpaired) electrons. The number of benzene rings is 1. The lowest BCUT2D eigenvalue weighted by Gasteiger charge is -2.34. The lowest BCUT2D eigenvalue weighted by atomic mass is 9.94.